The zero-order chi connectivity index (χ0) is 17.4. The number of amides is 1. The summed E-state index contributed by atoms with van der Waals surface area (Å²) in [7, 11) is 0. The molecular weight excluding hydrogens is 330 g/mol. The quantitative estimate of drug-likeness (QED) is 0.745. The average molecular weight is 339 g/mol. The van der Waals surface area contributed by atoms with Crippen LogP contribution >= 0.6 is 0 Å². The van der Waals surface area contributed by atoms with Gasteiger partial charge >= 0.3 is 0 Å². The Morgan fingerprint density at radius 3 is 2.58 bits per heavy atom. The van der Waals surface area contributed by atoms with Crippen LogP contribution in [0.15, 0.2) is 24.3 Å². The molecule has 0 fully saturated rings. The van der Waals surface area contributed by atoms with Crippen molar-refractivity contribution in [1.29, 1.82) is 0 Å². The molecule has 1 N–H and O–H groups in total. The van der Waals surface area contributed by atoms with Crippen LogP contribution in [0.1, 0.15) is 28.4 Å². The lowest BCUT2D eigenvalue weighted by Crippen LogP contribution is -2.14. The van der Waals surface area contributed by atoms with Crippen molar-refractivity contribution in [1.82, 2.24) is 19.6 Å². The van der Waals surface area contributed by atoms with Crippen molar-refractivity contribution in [2.24, 2.45) is 0 Å². The number of alkyl halides is 2. The SMILES string of the molecule is Cc1cc(C(F)F)n2nc(C(=O)Nc3ccc(F)c(F)c3)nc2n1. The van der Waals surface area contributed by atoms with Crippen LogP contribution in [0, 0.1) is 18.6 Å². The van der Waals surface area contributed by atoms with Crippen LogP contribution in [0.2, 0.25) is 0 Å². The summed E-state index contributed by atoms with van der Waals surface area (Å²) in [5.41, 5.74) is -0.203. The average Bonchev–Trinajstić information content (AvgIpc) is 2.93. The number of carbonyl (C=O) groups excluding carboxylic acids is 1. The Morgan fingerprint density at radius 2 is 1.92 bits per heavy atom. The smallest absolute Gasteiger partial charge is 0.295 e. The molecule has 0 saturated carbocycles. The molecule has 3 rings (SSSR count). The summed E-state index contributed by atoms with van der Waals surface area (Å²) in [6, 6.07) is 3.88. The lowest BCUT2D eigenvalue weighted by Gasteiger charge is -2.03. The number of anilines is 1. The minimum absolute atomic E-state index is 0.0315. The van der Waals surface area contributed by atoms with E-state index >= 15 is 0 Å². The molecule has 2 aromatic heterocycles. The molecule has 0 radical (unpaired) electrons. The van der Waals surface area contributed by atoms with Gasteiger partial charge in [-0.05, 0) is 25.1 Å². The molecule has 3 aromatic rings. The summed E-state index contributed by atoms with van der Waals surface area (Å²) in [5.74, 6) is -3.68. The zero-order valence-corrected chi connectivity index (χ0v) is 12.1. The van der Waals surface area contributed by atoms with Crippen molar-refractivity contribution < 1.29 is 22.4 Å². The van der Waals surface area contributed by atoms with Gasteiger partial charge in [-0.15, -0.1) is 5.10 Å². The number of halogens is 4. The maximum atomic E-state index is 13.1. The van der Waals surface area contributed by atoms with Gasteiger partial charge in [0.1, 0.15) is 5.69 Å². The summed E-state index contributed by atoms with van der Waals surface area (Å²) in [5, 5.41) is 5.95. The molecule has 0 atom stereocenters. The van der Waals surface area contributed by atoms with Gasteiger partial charge in [-0.3, -0.25) is 4.79 Å². The van der Waals surface area contributed by atoms with Crippen molar-refractivity contribution in [3.63, 3.8) is 0 Å². The molecule has 0 spiro atoms. The molecule has 0 aliphatic heterocycles. The fourth-order valence-electron chi connectivity index (χ4n) is 2.03. The number of carbonyl (C=O) groups is 1. The van der Waals surface area contributed by atoms with Crippen molar-refractivity contribution in [3.05, 3.63) is 53.1 Å². The predicted molar refractivity (Wildman–Crippen MR) is 74.8 cm³/mol. The first kappa shape index (κ1) is 15.8. The fourth-order valence-corrected chi connectivity index (χ4v) is 2.03. The number of rotatable bonds is 3. The van der Waals surface area contributed by atoms with Crippen LogP contribution in [-0.2, 0) is 0 Å². The van der Waals surface area contributed by atoms with Crippen LogP contribution < -0.4 is 5.32 Å². The highest BCUT2D eigenvalue weighted by atomic mass is 19.3. The number of aromatic nitrogens is 4. The summed E-state index contributed by atoms with van der Waals surface area (Å²) < 4.78 is 52.8. The largest absolute Gasteiger partial charge is 0.319 e. The number of fused-ring (bicyclic) bond motifs is 1. The van der Waals surface area contributed by atoms with Gasteiger partial charge in [0, 0.05) is 17.4 Å². The van der Waals surface area contributed by atoms with Gasteiger partial charge in [-0.1, -0.05) is 0 Å². The minimum atomic E-state index is -2.84. The molecule has 0 bridgehead atoms. The van der Waals surface area contributed by atoms with E-state index in [9.17, 15) is 22.4 Å². The molecule has 1 amide bonds. The fraction of sp³-hybridized carbons (Fsp3) is 0.143. The molecule has 2 heterocycles. The summed E-state index contributed by atoms with van der Waals surface area (Å²) >= 11 is 0. The van der Waals surface area contributed by atoms with Gasteiger partial charge in [0.15, 0.2) is 11.6 Å². The summed E-state index contributed by atoms with van der Waals surface area (Å²) in [6.45, 7) is 1.50. The predicted octanol–water partition coefficient (Wildman–Crippen LogP) is 2.90. The summed E-state index contributed by atoms with van der Waals surface area (Å²) in [6.07, 6.45) is -2.84. The number of hydrogen-bond acceptors (Lipinski definition) is 4. The standard InChI is InChI=1S/C14H9F4N5O/c1-6-4-10(11(17)18)23-14(19-6)21-12(22-23)13(24)20-7-2-3-8(15)9(16)5-7/h2-5,11H,1H3,(H,20,24). The molecule has 0 unspecified atom stereocenters. The third kappa shape index (κ3) is 2.90. The first-order valence-electron chi connectivity index (χ1n) is 6.64. The molecule has 10 heteroatoms. The van der Waals surface area contributed by atoms with Gasteiger partial charge in [-0.25, -0.2) is 22.5 Å². The highest BCUT2D eigenvalue weighted by molar-refractivity contribution is 6.01. The van der Waals surface area contributed by atoms with E-state index in [0.717, 1.165) is 28.8 Å². The van der Waals surface area contributed by atoms with E-state index in [2.05, 4.69) is 20.4 Å². The Hall–Kier alpha value is -3.04. The zero-order valence-electron chi connectivity index (χ0n) is 12.1. The second-order valence-corrected chi connectivity index (χ2v) is 4.85. The van der Waals surface area contributed by atoms with Gasteiger partial charge in [0.2, 0.25) is 5.82 Å². The van der Waals surface area contributed by atoms with Gasteiger partial charge in [0.25, 0.3) is 18.1 Å². The third-order valence-electron chi connectivity index (χ3n) is 3.07. The van der Waals surface area contributed by atoms with E-state index in [1.165, 1.54) is 6.92 Å². The van der Waals surface area contributed by atoms with Gasteiger partial charge in [-0.2, -0.15) is 9.50 Å². The molecule has 1 aromatic carbocycles. The second-order valence-electron chi connectivity index (χ2n) is 4.85. The Labute approximate surface area is 132 Å². The van der Waals surface area contributed by atoms with Crippen molar-refractivity contribution >= 4 is 17.4 Å². The second kappa shape index (κ2) is 5.87. The van der Waals surface area contributed by atoms with E-state index in [4.69, 9.17) is 0 Å². The molecule has 0 saturated heterocycles. The van der Waals surface area contributed by atoms with Gasteiger partial charge in [0.05, 0.1) is 0 Å². The Bertz CT molecular complexity index is 940. The Balaban J connectivity index is 1.95. The lowest BCUT2D eigenvalue weighted by atomic mass is 10.3. The summed E-state index contributed by atoms with van der Waals surface area (Å²) in [4.78, 5) is 19.8. The van der Waals surface area contributed by atoms with E-state index in [1.807, 2.05) is 0 Å². The van der Waals surface area contributed by atoms with Crippen molar-refractivity contribution in [2.75, 3.05) is 5.32 Å². The molecule has 6 nitrogen and oxygen atoms in total. The molecule has 0 aliphatic rings. The van der Waals surface area contributed by atoms with Gasteiger partial charge < -0.3 is 5.32 Å². The number of nitrogens with one attached hydrogen (secondary N) is 1. The van der Waals surface area contributed by atoms with E-state index in [1.54, 1.807) is 0 Å². The van der Waals surface area contributed by atoms with E-state index in [-0.39, 0.29) is 17.2 Å². The molecule has 0 aliphatic carbocycles. The third-order valence-corrected chi connectivity index (χ3v) is 3.07. The molecule has 24 heavy (non-hydrogen) atoms. The number of aryl methyl sites for hydroxylation is 1. The van der Waals surface area contributed by atoms with E-state index < -0.39 is 35.5 Å². The van der Waals surface area contributed by atoms with Crippen LogP contribution in [0.3, 0.4) is 0 Å². The Morgan fingerprint density at radius 1 is 1.17 bits per heavy atom. The Kier molecular flexibility index (Phi) is 3.87. The normalized spacial score (nSPS) is 11.2. The highest BCUT2D eigenvalue weighted by Gasteiger charge is 2.20. The van der Waals surface area contributed by atoms with Crippen LogP contribution in [0.4, 0.5) is 23.2 Å². The lowest BCUT2D eigenvalue weighted by molar-refractivity contribution is 0.101. The first-order chi connectivity index (χ1) is 11.3. The number of nitrogens with zero attached hydrogens (tertiary/aromatic N) is 4. The molecular formula is C14H9F4N5O. The first-order valence-corrected chi connectivity index (χ1v) is 6.64. The number of benzene rings is 1. The van der Waals surface area contributed by atoms with Crippen molar-refractivity contribution in [2.45, 2.75) is 13.3 Å². The maximum Gasteiger partial charge on any atom is 0.295 e. The monoisotopic (exact) mass is 339 g/mol. The highest BCUT2D eigenvalue weighted by Crippen LogP contribution is 2.20. The molecule has 124 valence electrons. The van der Waals surface area contributed by atoms with Crippen LogP contribution in [0.5, 0.6) is 0 Å². The van der Waals surface area contributed by atoms with Crippen LogP contribution in [-0.4, -0.2) is 25.5 Å². The topological polar surface area (TPSA) is 72.2 Å². The van der Waals surface area contributed by atoms with Crippen molar-refractivity contribution in [3.8, 4) is 0 Å². The van der Waals surface area contributed by atoms with Crippen LogP contribution in [0.25, 0.3) is 5.78 Å². The number of hydrogen-bond donors (Lipinski definition) is 1. The maximum absolute atomic E-state index is 13.1. The van der Waals surface area contributed by atoms with E-state index in [0.29, 0.717) is 0 Å². The minimum Gasteiger partial charge on any atom is -0.319 e.